The van der Waals surface area contributed by atoms with E-state index in [1.165, 1.54) is 25.7 Å². The van der Waals surface area contributed by atoms with E-state index in [0.717, 1.165) is 12.5 Å². The molecule has 1 fully saturated rings. The fraction of sp³-hybridized carbons (Fsp3) is 0.875. The molecule has 1 rings (SSSR count). The van der Waals surface area contributed by atoms with Gasteiger partial charge in [0.1, 0.15) is 12.8 Å². The highest BCUT2D eigenvalue weighted by Gasteiger charge is 2.14. The van der Waals surface area contributed by atoms with E-state index in [4.69, 9.17) is 4.84 Å². The highest BCUT2D eigenvalue weighted by molar-refractivity contribution is 5.52. The van der Waals surface area contributed by atoms with Crippen LogP contribution in [0.2, 0.25) is 0 Å². The summed E-state index contributed by atoms with van der Waals surface area (Å²) in [5, 5.41) is 3.59. The van der Waals surface area contributed by atoms with Crippen LogP contribution in [0.3, 0.4) is 0 Å². The maximum absolute atomic E-state index is 4.98. The van der Waals surface area contributed by atoms with Gasteiger partial charge >= 0.3 is 0 Å². The minimum absolute atomic E-state index is 0.761. The predicted octanol–water partition coefficient (Wildman–Crippen LogP) is 2.08. The van der Waals surface area contributed by atoms with Crippen LogP contribution in [-0.2, 0) is 4.84 Å². The lowest BCUT2D eigenvalue weighted by Gasteiger charge is -2.04. The third kappa shape index (κ3) is 2.38. The Morgan fingerprint density at radius 3 is 2.80 bits per heavy atom. The average molecular weight is 140 g/mol. The van der Waals surface area contributed by atoms with Gasteiger partial charge in [-0.2, -0.15) is 0 Å². The molecule has 0 heterocycles. The van der Waals surface area contributed by atoms with Crippen LogP contribution in [0.4, 0.5) is 0 Å². The van der Waals surface area contributed by atoms with Gasteiger partial charge in [0.2, 0.25) is 0 Å². The van der Waals surface area contributed by atoms with E-state index in [1.54, 1.807) is 6.92 Å². The molecule has 0 atom stereocenters. The highest BCUT2D eigenvalue weighted by Crippen LogP contribution is 2.24. The average Bonchev–Trinajstić information content (AvgIpc) is 2.41. The quantitative estimate of drug-likeness (QED) is 0.434. The Labute approximate surface area is 62.3 Å². The van der Waals surface area contributed by atoms with Crippen LogP contribution < -0.4 is 0 Å². The molecule has 0 aliphatic heterocycles. The van der Waals surface area contributed by atoms with Gasteiger partial charge in [0.15, 0.2) is 0 Å². The van der Waals surface area contributed by atoms with E-state index in [-0.39, 0.29) is 0 Å². The van der Waals surface area contributed by atoms with E-state index in [9.17, 15) is 0 Å². The van der Waals surface area contributed by atoms with Crippen molar-refractivity contribution < 1.29 is 4.84 Å². The van der Waals surface area contributed by atoms with Crippen LogP contribution in [0.1, 0.15) is 32.6 Å². The normalized spacial score (nSPS) is 20.5. The Hall–Kier alpha value is -0.530. The van der Waals surface area contributed by atoms with Crippen molar-refractivity contribution in [3.63, 3.8) is 0 Å². The molecule has 57 valence electrons. The number of rotatable bonds is 3. The molecule has 1 radical (unpaired) electrons. The van der Waals surface area contributed by atoms with Crippen LogP contribution in [-0.4, -0.2) is 12.8 Å². The lowest BCUT2D eigenvalue weighted by molar-refractivity contribution is 0.110. The standard InChI is InChI=1S/C8H14NO/c1-2-9-10-7-8-5-3-4-6-8/h8H,3-7H2,1H3. The molecule has 1 aliphatic rings. The van der Waals surface area contributed by atoms with Crippen LogP contribution in [0.25, 0.3) is 0 Å². The molecule has 0 aromatic carbocycles. The third-order valence-electron chi connectivity index (χ3n) is 1.94. The number of nitrogens with zero attached hydrogens (tertiary/aromatic N) is 1. The minimum Gasteiger partial charge on any atom is -0.395 e. The van der Waals surface area contributed by atoms with Gasteiger partial charge in [0, 0.05) is 0 Å². The zero-order chi connectivity index (χ0) is 7.23. The smallest absolute Gasteiger partial charge is 0.120 e. The summed E-state index contributed by atoms with van der Waals surface area (Å²) in [4.78, 5) is 4.98. The topological polar surface area (TPSA) is 21.6 Å². The second-order valence-electron chi connectivity index (χ2n) is 2.76. The van der Waals surface area contributed by atoms with Crippen molar-refractivity contribution in [1.82, 2.24) is 0 Å². The summed E-state index contributed by atoms with van der Waals surface area (Å²) < 4.78 is 0. The molecular formula is C8H14NO. The minimum atomic E-state index is 0.761. The molecule has 0 aromatic heterocycles. The van der Waals surface area contributed by atoms with Gasteiger partial charge < -0.3 is 4.84 Å². The Bertz CT molecular complexity index is 106. The molecule has 0 unspecified atom stereocenters. The van der Waals surface area contributed by atoms with E-state index >= 15 is 0 Å². The lowest BCUT2D eigenvalue weighted by atomic mass is 10.1. The molecule has 1 saturated carbocycles. The first-order valence-electron chi connectivity index (χ1n) is 3.92. The number of hydrogen-bond donors (Lipinski definition) is 0. The fourth-order valence-electron chi connectivity index (χ4n) is 1.38. The Kier molecular flexibility index (Phi) is 3.27. The lowest BCUT2D eigenvalue weighted by Crippen LogP contribution is -2.01. The maximum atomic E-state index is 4.98. The molecule has 0 N–H and O–H groups in total. The monoisotopic (exact) mass is 140 g/mol. The second-order valence-corrected chi connectivity index (χ2v) is 2.76. The van der Waals surface area contributed by atoms with Crippen molar-refractivity contribution in [1.29, 1.82) is 0 Å². The summed E-state index contributed by atoms with van der Waals surface area (Å²) in [7, 11) is 0. The number of hydrogen-bond acceptors (Lipinski definition) is 2. The zero-order valence-corrected chi connectivity index (χ0v) is 6.47. The van der Waals surface area contributed by atoms with Crippen LogP contribution in [0, 0.1) is 5.92 Å². The summed E-state index contributed by atoms with van der Waals surface area (Å²) in [5.41, 5.74) is 0. The van der Waals surface area contributed by atoms with Crippen LogP contribution >= 0.6 is 0 Å². The van der Waals surface area contributed by atoms with Crippen LogP contribution in [0.15, 0.2) is 5.16 Å². The van der Waals surface area contributed by atoms with Crippen molar-refractivity contribution in [2.75, 3.05) is 6.61 Å². The summed E-state index contributed by atoms with van der Waals surface area (Å²) >= 11 is 0. The third-order valence-corrected chi connectivity index (χ3v) is 1.94. The Morgan fingerprint density at radius 1 is 1.50 bits per heavy atom. The first kappa shape index (κ1) is 7.58. The van der Waals surface area contributed by atoms with E-state index in [0.29, 0.717) is 0 Å². The molecular weight excluding hydrogens is 126 g/mol. The first-order valence-corrected chi connectivity index (χ1v) is 3.92. The molecule has 0 amide bonds. The maximum Gasteiger partial charge on any atom is 0.120 e. The summed E-state index contributed by atoms with van der Waals surface area (Å²) in [6.07, 6.45) is 7.97. The van der Waals surface area contributed by atoms with Crippen molar-refractivity contribution in [3.05, 3.63) is 0 Å². The summed E-state index contributed by atoms with van der Waals surface area (Å²) in [6.45, 7) is 2.54. The van der Waals surface area contributed by atoms with Gasteiger partial charge in [-0.15, -0.1) is 0 Å². The van der Waals surface area contributed by atoms with Gasteiger partial charge in [-0.25, -0.2) is 0 Å². The van der Waals surface area contributed by atoms with E-state index in [1.807, 2.05) is 0 Å². The van der Waals surface area contributed by atoms with Gasteiger partial charge in [-0.05, 0) is 25.7 Å². The first-order chi connectivity index (χ1) is 4.93. The van der Waals surface area contributed by atoms with Crippen molar-refractivity contribution in [2.45, 2.75) is 32.6 Å². The molecule has 2 heteroatoms. The fourth-order valence-corrected chi connectivity index (χ4v) is 1.38. The van der Waals surface area contributed by atoms with E-state index < -0.39 is 0 Å². The molecule has 0 bridgehead atoms. The van der Waals surface area contributed by atoms with Crippen molar-refractivity contribution in [2.24, 2.45) is 11.1 Å². The zero-order valence-electron chi connectivity index (χ0n) is 6.47. The summed E-state index contributed by atoms with van der Waals surface area (Å²) in [6, 6.07) is 0. The predicted molar refractivity (Wildman–Crippen MR) is 41.0 cm³/mol. The highest BCUT2D eigenvalue weighted by atomic mass is 16.6. The van der Waals surface area contributed by atoms with Gasteiger partial charge in [0.25, 0.3) is 0 Å². The van der Waals surface area contributed by atoms with Crippen LogP contribution in [0.5, 0.6) is 0 Å². The SMILES string of the molecule is C/[C]=N/OCC1CCCC1. The van der Waals surface area contributed by atoms with Gasteiger partial charge in [-0.1, -0.05) is 18.0 Å². The largest absolute Gasteiger partial charge is 0.395 e. The molecule has 0 aromatic rings. The molecule has 10 heavy (non-hydrogen) atoms. The summed E-state index contributed by atoms with van der Waals surface area (Å²) in [5.74, 6) is 0.761. The molecule has 0 spiro atoms. The van der Waals surface area contributed by atoms with E-state index in [2.05, 4.69) is 11.4 Å². The molecule has 1 aliphatic carbocycles. The van der Waals surface area contributed by atoms with Gasteiger partial charge in [-0.3, -0.25) is 0 Å². The molecule has 0 saturated heterocycles. The molecule has 2 nitrogen and oxygen atoms in total. The van der Waals surface area contributed by atoms with Crippen molar-refractivity contribution in [3.8, 4) is 0 Å². The Balaban J connectivity index is 2.01. The van der Waals surface area contributed by atoms with Crippen molar-refractivity contribution >= 4 is 6.21 Å². The second kappa shape index (κ2) is 4.31. The Morgan fingerprint density at radius 2 is 2.20 bits per heavy atom. The van der Waals surface area contributed by atoms with Gasteiger partial charge in [0.05, 0.1) is 0 Å².